The van der Waals surface area contributed by atoms with Gasteiger partial charge in [0.05, 0.1) is 5.69 Å². The molecule has 4 rings (SSSR count). The summed E-state index contributed by atoms with van der Waals surface area (Å²) in [6, 6.07) is 10.1. The summed E-state index contributed by atoms with van der Waals surface area (Å²) in [5, 5.41) is 4.74. The molecular weight excluding hydrogens is 314 g/mol. The van der Waals surface area contributed by atoms with Crippen molar-refractivity contribution in [2.24, 2.45) is 0 Å². The van der Waals surface area contributed by atoms with Crippen molar-refractivity contribution in [2.45, 2.75) is 45.6 Å². The van der Waals surface area contributed by atoms with E-state index in [1.165, 1.54) is 6.42 Å². The highest BCUT2D eigenvalue weighted by molar-refractivity contribution is 5.61. The summed E-state index contributed by atoms with van der Waals surface area (Å²) in [4.78, 5) is 22.8. The second-order valence-electron chi connectivity index (χ2n) is 6.68. The van der Waals surface area contributed by atoms with Gasteiger partial charge in [0.15, 0.2) is 11.3 Å². The van der Waals surface area contributed by atoms with Crippen molar-refractivity contribution < 1.29 is 0 Å². The molecule has 0 amide bonds. The molecule has 1 fully saturated rings. The number of nitrogens with one attached hydrogen (secondary N) is 1. The molecule has 1 atom stereocenters. The van der Waals surface area contributed by atoms with Crippen LogP contribution in [0.15, 0.2) is 35.1 Å². The van der Waals surface area contributed by atoms with Crippen LogP contribution in [-0.4, -0.2) is 32.2 Å². The van der Waals surface area contributed by atoms with E-state index in [2.05, 4.69) is 16.8 Å². The van der Waals surface area contributed by atoms with Crippen LogP contribution in [0.4, 0.5) is 5.95 Å². The molecule has 1 unspecified atom stereocenters. The maximum Gasteiger partial charge on any atom is 0.277 e. The molecule has 1 saturated heterocycles. The number of piperidine rings is 1. The van der Waals surface area contributed by atoms with E-state index in [-0.39, 0.29) is 5.56 Å². The van der Waals surface area contributed by atoms with Crippen molar-refractivity contribution in [2.75, 3.05) is 11.4 Å². The van der Waals surface area contributed by atoms with Crippen LogP contribution < -0.4 is 10.5 Å². The maximum atomic E-state index is 12.8. The van der Waals surface area contributed by atoms with Crippen molar-refractivity contribution in [1.82, 2.24) is 19.6 Å². The van der Waals surface area contributed by atoms with Crippen molar-refractivity contribution in [3.63, 3.8) is 0 Å². The normalized spacial score (nSPS) is 18.0. The number of anilines is 1. The number of hydrogen-bond acceptors (Lipinski definition) is 4. The van der Waals surface area contributed by atoms with Gasteiger partial charge in [-0.05, 0) is 32.6 Å². The first-order valence-corrected chi connectivity index (χ1v) is 9.03. The zero-order valence-corrected chi connectivity index (χ0v) is 14.7. The first kappa shape index (κ1) is 15.9. The summed E-state index contributed by atoms with van der Waals surface area (Å²) < 4.78 is 1.75. The van der Waals surface area contributed by atoms with E-state index in [1.54, 1.807) is 4.52 Å². The van der Waals surface area contributed by atoms with Crippen LogP contribution in [-0.2, 0) is 6.42 Å². The minimum atomic E-state index is -0.130. The summed E-state index contributed by atoms with van der Waals surface area (Å²) in [6.45, 7) is 5.20. The molecular formula is C19H23N5O. The lowest BCUT2D eigenvalue weighted by molar-refractivity contribution is 0.474. The van der Waals surface area contributed by atoms with Crippen molar-refractivity contribution >= 4 is 11.5 Å². The number of aryl methyl sites for hydroxylation is 1. The fourth-order valence-electron chi connectivity index (χ4n) is 3.61. The number of nitrogens with zero attached hydrogens (tertiary/aromatic N) is 4. The summed E-state index contributed by atoms with van der Waals surface area (Å²) >= 11 is 0. The van der Waals surface area contributed by atoms with E-state index >= 15 is 0 Å². The van der Waals surface area contributed by atoms with E-state index in [0.29, 0.717) is 23.8 Å². The Kier molecular flexibility index (Phi) is 4.03. The predicted octanol–water partition coefficient (Wildman–Crippen LogP) is 3.03. The summed E-state index contributed by atoms with van der Waals surface area (Å²) in [7, 11) is 0. The highest BCUT2D eigenvalue weighted by Crippen LogP contribution is 2.26. The zero-order chi connectivity index (χ0) is 17.4. The van der Waals surface area contributed by atoms with Crippen LogP contribution in [0.5, 0.6) is 0 Å². The molecule has 3 heterocycles. The standard InChI is InChI=1S/C19H23N5O/c1-3-15-16-18(25)21-17(14-10-5-4-6-11-14)22-24(16)19(20-15)23-12-8-7-9-13(23)2/h4-6,10-11,13H,3,7-9,12H2,1-2H3,(H,21,22,25). The molecule has 3 aromatic rings. The fraction of sp³-hybridized carbons (Fsp3) is 0.421. The first-order valence-electron chi connectivity index (χ1n) is 9.03. The molecule has 2 aromatic heterocycles. The van der Waals surface area contributed by atoms with E-state index in [1.807, 2.05) is 37.3 Å². The minimum Gasteiger partial charge on any atom is -0.338 e. The minimum absolute atomic E-state index is 0.130. The molecule has 1 aliphatic heterocycles. The van der Waals surface area contributed by atoms with Gasteiger partial charge in [-0.15, -0.1) is 5.10 Å². The number of hydrogen-bond donors (Lipinski definition) is 1. The van der Waals surface area contributed by atoms with Crippen LogP contribution in [0.3, 0.4) is 0 Å². The number of fused-ring (bicyclic) bond motifs is 1. The maximum absolute atomic E-state index is 12.8. The SMILES string of the molecule is CCc1nc(N2CCCCC2C)n2nc(-c3ccccc3)[nH]c(=O)c12. The second kappa shape index (κ2) is 6.35. The second-order valence-corrected chi connectivity index (χ2v) is 6.68. The number of aromatic amines is 1. The van der Waals surface area contributed by atoms with Gasteiger partial charge in [-0.1, -0.05) is 37.3 Å². The molecule has 25 heavy (non-hydrogen) atoms. The van der Waals surface area contributed by atoms with Gasteiger partial charge in [0.1, 0.15) is 0 Å². The summed E-state index contributed by atoms with van der Waals surface area (Å²) in [5.41, 5.74) is 2.14. The molecule has 6 nitrogen and oxygen atoms in total. The predicted molar refractivity (Wildman–Crippen MR) is 99.1 cm³/mol. The molecule has 1 aromatic carbocycles. The van der Waals surface area contributed by atoms with Gasteiger partial charge in [-0.2, -0.15) is 4.52 Å². The molecule has 0 radical (unpaired) electrons. The van der Waals surface area contributed by atoms with E-state index in [0.717, 1.165) is 36.6 Å². The van der Waals surface area contributed by atoms with Crippen LogP contribution in [0, 0.1) is 0 Å². The highest BCUT2D eigenvalue weighted by atomic mass is 16.1. The molecule has 130 valence electrons. The van der Waals surface area contributed by atoms with Crippen LogP contribution in [0.25, 0.3) is 16.9 Å². The van der Waals surface area contributed by atoms with Gasteiger partial charge in [0.2, 0.25) is 5.95 Å². The van der Waals surface area contributed by atoms with Crippen LogP contribution >= 0.6 is 0 Å². The zero-order valence-electron chi connectivity index (χ0n) is 14.7. The van der Waals surface area contributed by atoms with Gasteiger partial charge >= 0.3 is 0 Å². The average Bonchev–Trinajstić information content (AvgIpc) is 3.02. The lowest BCUT2D eigenvalue weighted by Crippen LogP contribution is -2.39. The monoisotopic (exact) mass is 337 g/mol. The molecule has 0 aliphatic carbocycles. The average molecular weight is 337 g/mol. The number of imidazole rings is 1. The molecule has 0 saturated carbocycles. The number of H-pyrrole nitrogens is 1. The number of rotatable bonds is 3. The molecule has 1 N–H and O–H groups in total. The van der Waals surface area contributed by atoms with Gasteiger partial charge in [-0.3, -0.25) is 4.79 Å². The van der Waals surface area contributed by atoms with Gasteiger partial charge < -0.3 is 9.88 Å². The summed E-state index contributed by atoms with van der Waals surface area (Å²) in [5.74, 6) is 1.37. The highest BCUT2D eigenvalue weighted by Gasteiger charge is 2.25. The Bertz CT molecular complexity index is 944. The lowest BCUT2D eigenvalue weighted by Gasteiger charge is -2.33. The fourth-order valence-corrected chi connectivity index (χ4v) is 3.61. The molecule has 0 bridgehead atoms. The van der Waals surface area contributed by atoms with E-state index in [4.69, 9.17) is 10.1 Å². The molecule has 0 spiro atoms. The van der Waals surface area contributed by atoms with Gasteiger partial charge in [0.25, 0.3) is 5.56 Å². The van der Waals surface area contributed by atoms with Crippen molar-refractivity contribution in [3.8, 4) is 11.4 Å². The Morgan fingerprint density at radius 1 is 1.24 bits per heavy atom. The molecule has 6 heteroatoms. The number of aromatic nitrogens is 4. The Balaban J connectivity index is 1.94. The third-order valence-electron chi connectivity index (χ3n) is 5.00. The largest absolute Gasteiger partial charge is 0.338 e. The third kappa shape index (κ3) is 2.71. The van der Waals surface area contributed by atoms with E-state index in [9.17, 15) is 4.79 Å². The van der Waals surface area contributed by atoms with E-state index < -0.39 is 0 Å². The van der Waals surface area contributed by atoms with Crippen molar-refractivity contribution in [1.29, 1.82) is 0 Å². The Hall–Kier alpha value is -2.63. The van der Waals surface area contributed by atoms with Crippen LogP contribution in [0.2, 0.25) is 0 Å². The first-order chi connectivity index (χ1) is 12.2. The molecule has 1 aliphatic rings. The smallest absolute Gasteiger partial charge is 0.277 e. The van der Waals surface area contributed by atoms with Crippen molar-refractivity contribution in [3.05, 3.63) is 46.4 Å². The topological polar surface area (TPSA) is 66.3 Å². The van der Waals surface area contributed by atoms with Gasteiger partial charge in [-0.25, -0.2) is 4.98 Å². The summed E-state index contributed by atoms with van der Waals surface area (Å²) in [6.07, 6.45) is 4.24. The Morgan fingerprint density at radius 3 is 2.76 bits per heavy atom. The van der Waals surface area contributed by atoms with Crippen LogP contribution in [0.1, 0.15) is 38.8 Å². The third-order valence-corrected chi connectivity index (χ3v) is 5.00. The number of benzene rings is 1. The van der Waals surface area contributed by atoms with Gasteiger partial charge in [0, 0.05) is 18.2 Å². The quantitative estimate of drug-likeness (QED) is 0.798. The Morgan fingerprint density at radius 2 is 2.04 bits per heavy atom. The Labute approximate surface area is 146 Å². The lowest BCUT2D eigenvalue weighted by atomic mass is 10.0.